The van der Waals surface area contributed by atoms with Gasteiger partial charge in [-0.15, -0.1) is 5.10 Å². The van der Waals surface area contributed by atoms with E-state index in [1.54, 1.807) is 6.20 Å². The molecular formula is C6H9N3. The van der Waals surface area contributed by atoms with Crippen LogP contribution in [0.15, 0.2) is 18.3 Å². The summed E-state index contributed by atoms with van der Waals surface area (Å²) in [6.07, 6.45) is 1.65. The molecule has 0 spiro atoms. The topological polar surface area (TPSA) is 37.8 Å². The van der Waals surface area contributed by atoms with E-state index in [1.807, 2.05) is 19.1 Å². The Morgan fingerprint density at radius 3 is 3.11 bits per heavy atom. The van der Waals surface area contributed by atoms with Crippen LogP contribution >= 0.6 is 0 Å². The van der Waals surface area contributed by atoms with Crippen LogP contribution in [0.3, 0.4) is 0 Å². The zero-order chi connectivity index (χ0) is 6.53. The van der Waals surface area contributed by atoms with Crippen molar-refractivity contribution in [1.29, 1.82) is 0 Å². The van der Waals surface area contributed by atoms with Gasteiger partial charge in [-0.2, -0.15) is 5.10 Å². The van der Waals surface area contributed by atoms with Crippen molar-refractivity contribution >= 4 is 5.82 Å². The second kappa shape index (κ2) is 3.02. The largest absolute Gasteiger partial charge is 0.369 e. The van der Waals surface area contributed by atoms with Gasteiger partial charge >= 0.3 is 0 Å². The summed E-state index contributed by atoms with van der Waals surface area (Å²) >= 11 is 0. The van der Waals surface area contributed by atoms with Gasteiger partial charge in [0.25, 0.3) is 0 Å². The van der Waals surface area contributed by atoms with Gasteiger partial charge in [-0.3, -0.25) is 0 Å². The zero-order valence-corrected chi connectivity index (χ0v) is 5.33. The molecular weight excluding hydrogens is 114 g/mol. The normalized spacial score (nSPS) is 9.00. The van der Waals surface area contributed by atoms with Crippen molar-refractivity contribution < 1.29 is 0 Å². The average molecular weight is 123 g/mol. The molecule has 48 valence electrons. The Bertz CT molecular complexity index is 161. The van der Waals surface area contributed by atoms with Crippen LogP contribution in [-0.2, 0) is 0 Å². The van der Waals surface area contributed by atoms with Gasteiger partial charge in [0.1, 0.15) is 5.82 Å². The second-order valence-corrected chi connectivity index (χ2v) is 1.64. The van der Waals surface area contributed by atoms with Gasteiger partial charge in [0.05, 0.1) is 0 Å². The van der Waals surface area contributed by atoms with Crippen LogP contribution in [0.5, 0.6) is 0 Å². The van der Waals surface area contributed by atoms with E-state index < -0.39 is 0 Å². The van der Waals surface area contributed by atoms with Crippen LogP contribution in [0, 0.1) is 0 Å². The number of hydrogen-bond donors (Lipinski definition) is 1. The Morgan fingerprint density at radius 2 is 2.56 bits per heavy atom. The summed E-state index contributed by atoms with van der Waals surface area (Å²) in [5.74, 6) is 0.833. The maximum atomic E-state index is 3.81. The van der Waals surface area contributed by atoms with E-state index in [-0.39, 0.29) is 0 Å². The molecule has 0 aromatic carbocycles. The molecule has 1 heterocycles. The van der Waals surface area contributed by atoms with E-state index in [9.17, 15) is 0 Å². The molecule has 1 aromatic rings. The smallest absolute Gasteiger partial charge is 0.148 e. The summed E-state index contributed by atoms with van der Waals surface area (Å²) in [5.41, 5.74) is 0. The Kier molecular flexibility index (Phi) is 2.01. The van der Waals surface area contributed by atoms with E-state index in [1.165, 1.54) is 0 Å². The van der Waals surface area contributed by atoms with Crippen LogP contribution in [0.25, 0.3) is 0 Å². The van der Waals surface area contributed by atoms with Crippen molar-refractivity contribution in [3.8, 4) is 0 Å². The van der Waals surface area contributed by atoms with Gasteiger partial charge in [0.15, 0.2) is 0 Å². The lowest BCUT2D eigenvalue weighted by Gasteiger charge is -1.96. The number of anilines is 1. The molecule has 9 heavy (non-hydrogen) atoms. The third-order valence-electron chi connectivity index (χ3n) is 0.930. The molecule has 0 bridgehead atoms. The van der Waals surface area contributed by atoms with E-state index in [0.717, 1.165) is 12.4 Å². The highest BCUT2D eigenvalue weighted by Crippen LogP contribution is 1.94. The highest BCUT2D eigenvalue weighted by molar-refractivity contribution is 5.30. The summed E-state index contributed by atoms with van der Waals surface area (Å²) in [4.78, 5) is 0. The highest BCUT2D eigenvalue weighted by Gasteiger charge is 1.84. The molecule has 0 fully saturated rings. The molecule has 0 radical (unpaired) electrons. The molecule has 3 nitrogen and oxygen atoms in total. The van der Waals surface area contributed by atoms with E-state index in [4.69, 9.17) is 0 Å². The minimum atomic E-state index is 0.833. The highest BCUT2D eigenvalue weighted by atomic mass is 15.2. The fourth-order valence-electron chi connectivity index (χ4n) is 0.577. The first-order chi connectivity index (χ1) is 4.43. The summed E-state index contributed by atoms with van der Waals surface area (Å²) in [7, 11) is 0. The first kappa shape index (κ1) is 6.01. The fourth-order valence-corrected chi connectivity index (χ4v) is 0.577. The fraction of sp³-hybridized carbons (Fsp3) is 0.333. The molecule has 0 unspecified atom stereocenters. The molecule has 0 saturated carbocycles. The lowest BCUT2D eigenvalue weighted by atomic mass is 10.5. The maximum absolute atomic E-state index is 3.81. The molecule has 0 aliphatic rings. The first-order valence-corrected chi connectivity index (χ1v) is 2.95. The predicted molar refractivity (Wildman–Crippen MR) is 36.2 cm³/mol. The molecule has 0 saturated heterocycles. The molecule has 1 rings (SSSR count). The number of aromatic nitrogens is 2. The zero-order valence-electron chi connectivity index (χ0n) is 5.33. The predicted octanol–water partition coefficient (Wildman–Crippen LogP) is 0.908. The van der Waals surface area contributed by atoms with Gasteiger partial charge < -0.3 is 5.32 Å². The summed E-state index contributed by atoms with van der Waals surface area (Å²) in [5, 5.41) is 10.5. The minimum absolute atomic E-state index is 0.833. The molecule has 1 N–H and O–H groups in total. The van der Waals surface area contributed by atoms with Crippen LogP contribution in [0.2, 0.25) is 0 Å². The Labute approximate surface area is 54.1 Å². The standard InChI is InChI=1S/C6H9N3/c1-2-7-6-4-3-5-8-9-6/h3-5H,2H2,1H3,(H,7,9). The van der Waals surface area contributed by atoms with Crippen molar-refractivity contribution in [3.63, 3.8) is 0 Å². The van der Waals surface area contributed by atoms with Crippen molar-refractivity contribution in [3.05, 3.63) is 18.3 Å². The van der Waals surface area contributed by atoms with Crippen LogP contribution in [0.4, 0.5) is 5.82 Å². The first-order valence-electron chi connectivity index (χ1n) is 2.95. The van der Waals surface area contributed by atoms with E-state index in [2.05, 4.69) is 15.5 Å². The summed E-state index contributed by atoms with van der Waals surface area (Å²) < 4.78 is 0. The van der Waals surface area contributed by atoms with E-state index >= 15 is 0 Å². The molecule has 1 aromatic heterocycles. The monoisotopic (exact) mass is 123 g/mol. The van der Waals surface area contributed by atoms with E-state index in [0.29, 0.717) is 0 Å². The number of nitrogens with zero attached hydrogens (tertiary/aromatic N) is 2. The van der Waals surface area contributed by atoms with Gasteiger partial charge in [-0.1, -0.05) is 0 Å². The van der Waals surface area contributed by atoms with Gasteiger partial charge in [0, 0.05) is 12.7 Å². The minimum Gasteiger partial charge on any atom is -0.369 e. The lowest BCUT2D eigenvalue weighted by Crippen LogP contribution is -1.98. The van der Waals surface area contributed by atoms with Crippen molar-refractivity contribution in [2.45, 2.75) is 6.92 Å². The van der Waals surface area contributed by atoms with Gasteiger partial charge in [0.2, 0.25) is 0 Å². The molecule has 0 aliphatic heterocycles. The number of nitrogens with one attached hydrogen (secondary N) is 1. The third kappa shape index (κ3) is 1.68. The maximum Gasteiger partial charge on any atom is 0.148 e. The number of rotatable bonds is 2. The summed E-state index contributed by atoms with van der Waals surface area (Å²) in [6, 6.07) is 3.74. The van der Waals surface area contributed by atoms with Crippen molar-refractivity contribution in [2.24, 2.45) is 0 Å². The van der Waals surface area contributed by atoms with Crippen molar-refractivity contribution in [2.75, 3.05) is 11.9 Å². The Balaban J connectivity index is 2.61. The SMILES string of the molecule is CCNc1cccnn1. The Hall–Kier alpha value is -1.12. The third-order valence-corrected chi connectivity index (χ3v) is 0.930. The summed E-state index contributed by atoms with van der Waals surface area (Å²) in [6.45, 7) is 2.91. The molecule has 0 amide bonds. The van der Waals surface area contributed by atoms with Crippen molar-refractivity contribution in [1.82, 2.24) is 10.2 Å². The quantitative estimate of drug-likeness (QED) is 0.635. The molecule has 3 heteroatoms. The van der Waals surface area contributed by atoms with Crippen LogP contribution in [-0.4, -0.2) is 16.7 Å². The van der Waals surface area contributed by atoms with Gasteiger partial charge in [-0.25, -0.2) is 0 Å². The van der Waals surface area contributed by atoms with Crippen LogP contribution < -0.4 is 5.32 Å². The Morgan fingerprint density at radius 1 is 1.67 bits per heavy atom. The van der Waals surface area contributed by atoms with Crippen LogP contribution in [0.1, 0.15) is 6.92 Å². The number of hydrogen-bond acceptors (Lipinski definition) is 3. The van der Waals surface area contributed by atoms with Gasteiger partial charge in [-0.05, 0) is 19.1 Å². The average Bonchev–Trinajstić information content (AvgIpc) is 1.91. The molecule has 0 aliphatic carbocycles. The lowest BCUT2D eigenvalue weighted by molar-refractivity contribution is 1.01. The molecule has 0 atom stereocenters. The second-order valence-electron chi connectivity index (χ2n) is 1.64.